The second kappa shape index (κ2) is 5.43. The average Bonchev–Trinajstić information content (AvgIpc) is 2.83. The van der Waals surface area contributed by atoms with Crippen LogP contribution < -0.4 is 0 Å². The topological polar surface area (TPSA) is 42.2 Å². The first kappa shape index (κ1) is 12.8. The zero-order valence-electron chi connectivity index (χ0n) is 11.7. The summed E-state index contributed by atoms with van der Waals surface area (Å²) < 4.78 is 5.68. The van der Waals surface area contributed by atoms with Crippen molar-refractivity contribution in [1.82, 2.24) is 14.9 Å². The van der Waals surface area contributed by atoms with Crippen LogP contribution in [0.5, 0.6) is 0 Å². The Balaban J connectivity index is 1.69. The third kappa shape index (κ3) is 2.86. The molecule has 1 aromatic carbocycles. The molecule has 0 fully saturated rings. The Morgan fingerprint density at radius 3 is 2.65 bits per heavy atom. The van der Waals surface area contributed by atoms with Crippen molar-refractivity contribution in [3.05, 3.63) is 59.6 Å². The molecular weight excluding hydrogens is 250 g/mol. The van der Waals surface area contributed by atoms with E-state index >= 15 is 0 Å². The molecule has 0 amide bonds. The summed E-state index contributed by atoms with van der Waals surface area (Å²) in [6, 6.07) is 12.3. The maximum Gasteiger partial charge on any atom is 0.211 e. The van der Waals surface area contributed by atoms with E-state index in [4.69, 9.17) is 4.42 Å². The van der Waals surface area contributed by atoms with E-state index < -0.39 is 0 Å². The Kier molecular flexibility index (Phi) is 3.48. The van der Waals surface area contributed by atoms with Gasteiger partial charge in [-0.3, -0.25) is 4.90 Å². The first-order chi connectivity index (χ1) is 9.70. The Hall–Kier alpha value is -2.20. The normalized spacial score (nSPS) is 11.3. The van der Waals surface area contributed by atoms with Crippen LogP contribution in [0, 0.1) is 6.92 Å². The van der Waals surface area contributed by atoms with E-state index in [0.717, 1.165) is 12.1 Å². The third-order valence-corrected chi connectivity index (χ3v) is 3.19. The van der Waals surface area contributed by atoms with Gasteiger partial charge in [0, 0.05) is 12.7 Å². The molecule has 0 saturated heterocycles. The summed E-state index contributed by atoms with van der Waals surface area (Å²) in [6.45, 7) is 3.63. The van der Waals surface area contributed by atoms with Crippen LogP contribution in [-0.4, -0.2) is 21.9 Å². The molecule has 0 saturated carbocycles. The number of hydrogen-bond donors (Lipinski definition) is 0. The molecular formula is C16H17N3O. The maximum atomic E-state index is 5.68. The molecule has 0 atom stereocenters. The molecule has 0 radical (unpaired) electrons. The maximum absolute atomic E-state index is 5.68. The fourth-order valence-electron chi connectivity index (χ4n) is 2.17. The van der Waals surface area contributed by atoms with E-state index in [0.29, 0.717) is 18.1 Å². The van der Waals surface area contributed by atoms with E-state index in [1.165, 1.54) is 11.1 Å². The second-order valence-corrected chi connectivity index (χ2v) is 5.09. The molecule has 2 heterocycles. The molecule has 102 valence electrons. The van der Waals surface area contributed by atoms with E-state index in [9.17, 15) is 0 Å². The van der Waals surface area contributed by atoms with Gasteiger partial charge >= 0.3 is 0 Å². The van der Waals surface area contributed by atoms with E-state index in [1.807, 2.05) is 12.1 Å². The van der Waals surface area contributed by atoms with Crippen molar-refractivity contribution in [2.45, 2.75) is 20.0 Å². The molecule has 0 spiro atoms. The van der Waals surface area contributed by atoms with E-state index in [-0.39, 0.29) is 0 Å². The summed E-state index contributed by atoms with van der Waals surface area (Å²) in [5.74, 6) is 0.702. The zero-order chi connectivity index (χ0) is 13.9. The number of pyridine rings is 1. The first-order valence-corrected chi connectivity index (χ1v) is 6.65. The van der Waals surface area contributed by atoms with Gasteiger partial charge in [-0.1, -0.05) is 29.8 Å². The van der Waals surface area contributed by atoms with Crippen LogP contribution in [0.1, 0.15) is 17.0 Å². The SMILES string of the molecule is Cc1ccc(CN(C)Cc2nc3ncccc3o2)cc1. The lowest BCUT2D eigenvalue weighted by molar-refractivity contribution is 0.285. The molecule has 0 unspecified atom stereocenters. The summed E-state index contributed by atoms with van der Waals surface area (Å²) in [4.78, 5) is 10.7. The van der Waals surface area contributed by atoms with Crippen molar-refractivity contribution in [3.8, 4) is 0 Å². The Morgan fingerprint density at radius 1 is 1.10 bits per heavy atom. The number of nitrogens with zero attached hydrogens (tertiary/aromatic N) is 3. The predicted octanol–water partition coefficient (Wildman–Crippen LogP) is 3.16. The first-order valence-electron chi connectivity index (χ1n) is 6.65. The van der Waals surface area contributed by atoms with E-state index in [1.54, 1.807) is 6.20 Å². The summed E-state index contributed by atoms with van der Waals surface area (Å²) in [5, 5.41) is 0. The predicted molar refractivity (Wildman–Crippen MR) is 78.2 cm³/mol. The van der Waals surface area contributed by atoms with Crippen LogP contribution in [0.25, 0.3) is 11.2 Å². The highest BCUT2D eigenvalue weighted by molar-refractivity contribution is 5.66. The van der Waals surface area contributed by atoms with Gasteiger partial charge in [-0.05, 0) is 31.7 Å². The molecule has 0 bridgehead atoms. The van der Waals surface area contributed by atoms with Crippen molar-refractivity contribution in [2.24, 2.45) is 0 Å². The highest BCUT2D eigenvalue weighted by Crippen LogP contribution is 2.14. The number of hydrogen-bond acceptors (Lipinski definition) is 4. The highest BCUT2D eigenvalue weighted by atomic mass is 16.3. The van der Waals surface area contributed by atoms with Crippen LogP contribution in [0.3, 0.4) is 0 Å². The number of benzene rings is 1. The lowest BCUT2D eigenvalue weighted by atomic mass is 10.1. The minimum atomic E-state index is 0.671. The molecule has 4 heteroatoms. The van der Waals surface area contributed by atoms with Gasteiger partial charge in [0.15, 0.2) is 11.2 Å². The molecule has 3 rings (SSSR count). The lowest BCUT2D eigenvalue weighted by Crippen LogP contribution is -2.17. The van der Waals surface area contributed by atoms with Crippen LogP contribution in [0.4, 0.5) is 0 Å². The number of aryl methyl sites for hydroxylation is 1. The Bertz CT molecular complexity index is 670. The molecule has 4 nitrogen and oxygen atoms in total. The number of oxazole rings is 1. The van der Waals surface area contributed by atoms with Crippen molar-refractivity contribution in [3.63, 3.8) is 0 Å². The fraction of sp³-hybridized carbons (Fsp3) is 0.250. The van der Waals surface area contributed by atoms with Gasteiger partial charge in [-0.25, -0.2) is 4.98 Å². The molecule has 0 aliphatic rings. The van der Waals surface area contributed by atoms with Gasteiger partial charge < -0.3 is 4.42 Å². The van der Waals surface area contributed by atoms with Gasteiger partial charge in [-0.2, -0.15) is 4.98 Å². The van der Waals surface area contributed by atoms with Crippen LogP contribution in [0.15, 0.2) is 47.0 Å². The second-order valence-electron chi connectivity index (χ2n) is 5.09. The third-order valence-electron chi connectivity index (χ3n) is 3.19. The molecule has 0 aliphatic heterocycles. The van der Waals surface area contributed by atoms with Crippen molar-refractivity contribution in [1.29, 1.82) is 0 Å². The van der Waals surface area contributed by atoms with Gasteiger partial charge in [0.25, 0.3) is 0 Å². The van der Waals surface area contributed by atoms with Crippen molar-refractivity contribution < 1.29 is 4.42 Å². The standard InChI is InChI=1S/C16H17N3O/c1-12-5-7-13(8-6-12)10-19(2)11-15-18-16-14(20-15)4-3-9-17-16/h3-9H,10-11H2,1-2H3. The zero-order valence-corrected chi connectivity index (χ0v) is 11.7. The van der Waals surface area contributed by atoms with E-state index in [2.05, 4.69) is 53.1 Å². The summed E-state index contributed by atoms with van der Waals surface area (Å²) >= 11 is 0. The summed E-state index contributed by atoms with van der Waals surface area (Å²) in [6.07, 6.45) is 1.73. The lowest BCUT2D eigenvalue weighted by Gasteiger charge is -2.14. The van der Waals surface area contributed by atoms with Gasteiger partial charge in [0.1, 0.15) is 0 Å². The number of aromatic nitrogens is 2. The van der Waals surface area contributed by atoms with Crippen LogP contribution in [-0.2, 0) is 13.1 Å². The molecule has 0 aliphatic carbocycles. The average molecular weight is 267 g/mol. The van der Waals surface area contributed by atoms with Gasteiger partial charge in [0.2, 0.25) is 5.89 Å². The monoisotopic (exact) mass is 267 g/mol. The number of fused-ring (bicyclic) bond motifs is 1. The minimum absolute atomic E-state index is 0.671. The van der Waals surface area contributed by atoms with Crippen LogP contribution >= 0.6 is 0 Å². The molecule has 2 aromatic heterocycles. The smallest absolute Gasteiger partial charge is 0.211 e. The summed E-state index contributed by atoms with van der Waals surface area (Å²) in [7, 11) is 2.06. The molecule has 3 aromatic rings. The number of rotatable bonds is 4. The highest BCUT2D eigenvalue weighted by Gasteiger charge is 2.09. The van der Waals surface area contributed by atoms with Gasteiger partial charge in [-0.15, -0.1) is 0 Å². The Labute approximate surface area is 118 Å². The largest absolute Gasteiger partial charge is 0.438 e. The quantitative estimate of drug-likeness (QED) is 0.728. The Morgan fingerprint density at radius 2 is 1.90 bits per heavy atom. The minimum Gasteiger partial charge on any atom is -0.438 e. The van der Waals surface area contributed by atoms with Crippen molar-refractivity contribution >= 4 is 11.2 Å². The fourth-order valence-corrected chi connectivity index (χ4v) is 2.17. The summed E-state index contributed by atoms with van der Waals surface area (Å²) in [5.41, 5.74) is 3.98. The van der Waals surface area contributed by atoms with Gasteiger partial charge in [0.05, 0.1) is 6.54 Å². The molecule has 20 heavy (non-hydrogen) atoms. The molecule has 0 N–H and O–H groups in total. The van der Waals surface area contributed by atoms with Crippen molar-refractivity contribution in [2.75, 3.05) is 7.05 Å². The van der Waals surface area contributed by atoms with Crippen LogP contribution in [0.2, 0.25) is 0 Å².